The third kappa shape index (κ3) is 3.05. The minimum absolute atomic E-state index is 0.0144. The molecule has 1 aliphatic carbocycles. The second-order valence-corrected chi connectivity index (χ2v) is 6.89. The van der Waals surface area contributed by atoms with Crippen LogP contribution >= 0.6 is 0 Å². The topological polar surface area (TPSA) is 140 Å². The summed E-state index contributed by atoms with van der Waals surface area (Å²) in [6, 6.07) is 2.61. The van der Waals surface area contributed by atoms with Crippen molar-refractivity contribution >= 4 is 17.6 Å². The van der Waals surface area contributed by atoms with Crippen LogP contribution in [0.5, 0.6) is 0 Å². The Morgan fingerprint density at radius 3 is 2.78 bits per heavy atom. The zero-order chi connectivity index (χ0) is 19.1. The number of aromatic amines is 1. The Hall–Kier alpha value is -3.23. The molecule has 9 heteroatoms. The molecule has 2 amide bonds. The van der Waals surface area contributed by atoms with Gasteiger partial charge >= 0.3 is 0 Å². The number of aryl methyl sites for hydroxylation is 2. The van der Waals surface area contributed by atoms with Crippen LogP contribution in [0.25, 0.3) is 0 Å². The van der Waals surface area contributed by atoms with Crippen LogP contribution in [0.4, 0.5) is 0 Å². The predicted octanol–water partition coefficient (Wildman–Crippen LogP) is 0.454. The van der Waals surface area contributed by atoms with Crippen LogP contribution in [-0.4, -0.2) is 32.4 Å². The summed E-state index contributed by atoms with van der Waals surface area (Å²) in [5.74, 6) is -1.22. The maximum atomic E-state index is 12.7. The Balaban J connectivity index is 1.62. The van der Waals surface area contributed by atoms with Gasteiger partial charge in [-0.05, 0) is 37.3 Å². The quantitative estimate of drug-likeness (QED) is 0.721. The molecule has 3 heterocycles. The van der Waals surface area contributed by atoms with E-state index in [0.717, 1.165) is 6.42 Å². The van der Waals surface area contributed by atoms with Crippen LogP contribution in [0.2, 0.25) is 0 Å². The molecule has 140 valence electrons. The van der Waals surface area contributed by atoms with Gasteiger partial charge in [0.1, 0.15) is 11.3 Å². The molecule has 1 atom stereocenters. The van der Waals surface area contributed by atoms with Crippen molar-refractivity contribution in [2.45, 2.75) is 44.7 Å². The molecule has 0 saturated heterocycles. The summed E-state index contributed by atoms with van der Waals surface area (Å²) in [5.41, 5.74) is 6.64. The number of nitrogens with one attached hydrogen (secondary N) is 2. The van der Waals surface area contributed by atoms with Gasteiger partial charge in [-0.2, -0.15) is 5.10 Å². The second-order valence-electron chi connectivity index (χ2n) is 6.89. The van der Waals surface area contributed by atoms with Crippen LogP contribution in [0.1, 0.15) is 74.3 Å². The molecule has 1 aliphatic heterocycles. The number of aromatic nitrogens is 3. The molecule has 0 radical (unpaired) electrons. The average molecular weight is 369 g/mol. The number of Topliss-reactive ketones (excluding diaryl/α,β-unsaturated/α-hetero) is 1. The van der Waals surface area contributed by atoms with E-state index in [0.29, 0.717) is 49.2 Å². The minimum atomic E-state index is -0.810. The molecule has 0 spiro atoms. The number of nitrogens with zero attached hydrogens (tertiary/aromatic N) is 2. The van der Waals surface area contributed by atoms with Crippen LogP contribution in [0.15, 0.2) is 16.9 Å². The fourth-order valence-corrected chi connectivity index (χ4v) is 3.75. The molecule has 2 aromatic heterocycles. The van der Waals surface area contributed by atoms with Crippen LogP contribution in [0.3, 0.4) is 0 Å². The van der Waals surface area contributed by atoms with E-state index in [1.807, 2.05) is 0 Å². The van der Waals surface area contributed by atoms with Crippen LogP contribution in [-0.2, 0) is 13.0 Å². The monoisotopic (exact) mass is 369 g/mol. The van der Waals surface area contributed by atoms with Crippen molar-refractivity contribution in [3.05, 3.63) is 50.7 Å². The summed E-state index contributed by atoms with van der Waals surface area (Å²) >= 11 is 0. The third-order valence-electron chi connectivity index (χ3n) is 5.10. The Morgan fingerprint density at radius 2 is 2.04 bits per heavy atom. The van der Waals surface area contributed by atoms with Gasteiger partial charge in [0.2, 0.25) is 0 Å². The molecule has 0 saturated carbocycles. The number of rotatable bonds is 3. The van der Waals surface area contributed by atoms with Crippen molar-refractivity contribution in [2.75, 3.05) is 0 Å². The fraction of sp³-hybridized carbons (Fsp3) is 0.389. The predicted molar refractivity (Wildman–Crippen MR) is 94.5 cm³/mol. The maximum absolute atomic E-state index is 12.7. The van der Waals surface area contributed by atoms with Crippen LogP contribution < -0.4 is 16.6 Å². The lowest BCUT2D eigenvalue weighted by Gasteiger charge is -2.26. The van der Waals surface area contributed by atoms with Gasteiger partial charge in [-0.1, -0.05) is 0 Å². The molecule has 0 aromatic carbocycles. The summed E-state index contributed by atoms with van der Waals surface area (Å²) in [5, 5.41) is 7.14. The average Bonchev–Trinajstić information content (AvgIpc) is 3.07. The van der Waals surface area contributed by atoms with Crippen molar-refractivity contribution in [1.29, 1.82) is 0 Å². The fourth-order valence-electron chi connectivity index (χ4n) is 3.75. The number of ketones is 1. The van der Waals surface area contributed by atoms with E-state index in [1.54, 1.807) is 4.68 Å². The van der Waals surface area contributed by atoms with Gasteiger partial charge in [0.15, 0.2) is 11.5 Å². The van der Waals surface area contributed by atoms with E-state index in [2.05, 4.69) is 15.4 Å². The standard InChI is InChI=1S/C18H19N5O4/c19-16(25)10-7-9-11(20-17(10)26)3-1-4-12(9)21-18(27)13-8-14-15(24)5-2-6-23(14)22-13/h7-8,12H,1-6H2,(H2,19,25)(H,20,26)(H,21,27). The molecule has 0 fully saturated rings. The molecule has 4 N–H and O–H groups in total. The number of hydrogen-bond donors (Lipinski definition) is 3. The van der Waals surface area contributed by atoms with E-state index in [1.165, 1.54) is 12.1 Å². The number of fused-ring (bicyclic) bond motifs is 2. The number of H-pyrrole nitrogens is 1. The van der Waals surface area contributed by atoms with Gasteiger partial charge in [-0.25, -0.2) is 0 Å². The van der Waals surface area contributed by atoms with Crippen molar-refractivity contribution in [3.8, 4) is 0 Å². The SMILES string of the molecule is NC(=O)c1cc2c([nH]c1=O)CCCC2NC(=O)c1cc2n(n1)CCCC2=O. The number of pyridine rings is 1. The van der Waals surface area contributed by atoms with Gasteiger partial charge in [0, 0.05) is 24.7 Å². The number of carbonyl (C=O) groups is 3. The zero-order valence-corrected chi connectivity index (χ0v) is 14.6. The van der Waals surface area contributed by atoms with Crippen molar-refractivity contribution in [2.24, 2.45) is 5.73 Å². The molecular formula is C18H19N5O4. The molecule has 1 unspecified atom stereocenters. The summed E-state index contributed by atoms with van der Waals surface area (Å²) in [6.45, 7) is 0.615. The first-order valence-electron chi connectivity index (χ1n) is 8.92. The van der Waals surface area contributed by atoms with Crippen molar-refractivity contribution < 1.29 is 14.4 Å². The van der Waals surface area contributed by atoms with E-state index in [-0.39, 0.29) is 23.1 Å². The summed E-state index contributed by atoms with van der Waals surface area (Å²) in [7, 11) is 0. The highest BCUT2D eigenvalue weighted by Crippen LogP contribution is 2.28. The largest absolute Gasteiger partial charge is 0.365 e. The van der Waals surface area contributed by atoms with Gasteiger partial charge in [0.25, 0.3) is 17.4 Å². The van der Waals surface area contributed by atoms with Crippen molar-refractivity contribution in [3.63, 3.8) is 0 Å². The molecular weight excluding hydrogens is 350 g/mol. The first kappa shape index (κ1) is 17.2. The Kier molecular flexibility index (Phi) is 4.14. The first-order chi connectivity index (χ1) is 12.9. The number of hydrogen-bond acceptors (Lipinski definition) is 5. The second kappa shape index (κ2) is 6.49. The summed E-state index contributed by atoms with van der Waals surface area (Å²) in [4.78, 5) is 50.7. The Bertz CT molecular complexity index is 1020. The third-order valence-corrected chi connectivity index (χ3v) is 5.10. The number of amides is 2. The lowest BCUT2D eigenvalue weighted by molar-refractivity contribution is 0.0922. The zero-order valence-electron chi connectivity index (χ0n) is 14.6. The normalized spacial score (nSPS) is 18.5. The highest BCUT2D eigenvalue weighted by atomic mass is 16.2. The molecule has 4 rings (SSSR count). The molecule has 0 bridgehead atoms. The first-order valence-corrected chi connectivity index (χ1v) is 8.92. The Morgan fingerprint density at radius 1 is 1.22 bits per heavy atom. The lowest BCUT2D eigenvalue weighted by Crippen LogP contribution is -2.34. The van der Waals surface area contributed by atoms with Gasteiger partial charge in [-0.3, -0.25) is 23.9 Å². The maximum Gasteiger partial charge on any atom is 0.272 e. The molecule has 2 aromatic rings. The summed E-state index contributed by atoms with van der Waals surface area (Å²) in [6.07, 6.45) is 3.28. The Labute approximate surface area is 153 Å². The summed E-state index contributed by atoms with van der Waals surface area (Å²) < 4.78 is 1.57. The number of nitrogens with two attached hydrogens (primary N) is 1. The van der Waals surface area contributed by atoms with Gasteiger partial charge in [0.05, 0.1) is 6.04 Å². The van der Waals surface area contributed by atoms with Crippen molar-refractivity contribution in [1.82, 2.24) is 20.1 Å². The smallest absolute Gasteiger partial charge is 0.272 e. The molecule has 2 aliphatic rings. The molecule has 27 heavy (non-hydrogen) atoms. The van der Waals surface area contributed by atoms with E-state index in [9.17, 15) is 19.2 Å². The highest BCUT2D eigenvalue weighted by molar-refractivity contribution is 5.99. The minimum Gasteiger partial charge on any atom is -0.365 e. The van der Waals surface area contributed by atoms with E-state index >= 15 is 0 Å². The van der Waals surface area contributed by atoms with Crippen LogP contribution in [0, 0.1) is 0 Å². The van der Waals surface area contributed by atoms with E-state index < -0.39 is 17.4 Å². The van der Waals surface area contributed by atoms with Gasteiger partial charge in [-0.15, -0.1) is 0 Å². The van der Waals surface area contributed by atoms with Gasteiger partial charge < -0.3 is 16.0 Å². The highest BCUT2D eigenvalue weighted by Gasteiger charge is 2.27. The lowest BCUT2D eigenvalue weighted by atomic mass is 9.90. The molecule has 9 nitrogen and oxygen atoms in total. The number of carbonyl (C=O) groups excluding carboxylic acids is 3. The van der Waals surface area contributed by atoms with E-state index in [4.69, 9.17) is 5.73 Å². The number of primary amides is 1.